The molecule has 0 spiro atoms. The van der Waals surface area contributed by atoms with Gasteiger partial charge < -0.3 is 0 Å². The van der Waals surface area contributed by atoms with Crippen LogP contribution in [0.5, 0.6) is 0 Å². The van der Waals surface area contributed by atoms with Crippen molar-refractivity contribution >= 4 is 19.2 Å². The average molecular weight is 214 g/mol. The highest BCUT2D eigenvalue weighted by Gasteiger charge is 2.28. The molecule has 0 aliphatic heterocycles. The Morgan fingerprint density at radius 3 is 2.08 bits per heavy atom. The summed E-state index contributed by atoms with van der Waals surface area (Å²) < 4.78 is 0. The van der Waals surface area contributed by atoms with E-state index in [4.69, 9.17) is 11.1 Å². The predicted octanol–water partition coefficient (Wildman–Crippen LogP) is 4.08. The summed E-state index contributed by atoms with van der Waals surface area (Å²) in [5.74, 6) is 0.603. The highest BCUT2D eigenvalue weighted by Crippen LogP contribution is 2.39. The summed E-state index contributed by atoms with van der Waals surface area (Å²) >= 11 is 6.41. The lowest BCUT2D eigenvalue weighted by atomic mass is 10.1. The number of allylic oxidation sites excluding steroid dienone is 4. The van der Waals surface area contributed by atoms with Crippen LogP contribution in [0.2, 0.25) is 6.04 Å². The van der Waals surface area contributed by atoms with Gasteiger partial charge in [-0.15, -0.1) is 0 Å². The second-order valence-corrected chi connectivity index (χ2v) is 7.25. The second kappa shape index (κ2) is 4.01. The van der Waals surface area contributed by atoms with E-state index in [9.17, 15) is 0 Å². The zero-order chi connectivity index (χ0) is 10.2. The molecule has 1 unspecified atom stereocenters. The maximum atomic E-state index is 6.41. The first-order chi connectivity index (χ1) is 6.00. The van der Waals surface area contributed by atoms with Crippen molar-refractivity contribution in [3.8, 4) is 0 Å². The molecular weight excluding hydrogens is 196 g/mol. The van der Waals surface area contributed by atoms with Gasteiger partial charge in [0.15, 0.2) is 8.11 Å². The molecule has 2 heteroatoms. The SMILES string of the molecule is CC[Si](Cl)C1=C(C)C(C)=C(C)C1C. The monoisotopic (exact) mass is 213 g/mol. The molecule has 1 rings (SSSR count). The summed E-state index contributed by atoms with van der Waals surface area (Å²) in [4.78, 5) is 0. The number of hydrogen-bond donors (Lipinski definition) is 0. The fourth-order valence-corrected chi connectivity index (χ4v) is 4.57. The van der Waals surface area contributed by atoms with Crippen molar-refractivity contribution in [2.75, 3.05) is 0 Å². The molecule has 0 heterocycles. The lowest BCUT2D eigenvalue weighted by Crippen LogP contribution is -2.13. The molecule has 1 atom stereocenters. The minimum Gasteiger partial charge on any atom is -0.163 e. The summed E-state index contributed by atoms with van der Waals surface area (Å²) in [6, 6.07) is 1.13. The largest absolute Gasteiger partial charge is 0.196 e. The molecule has 0 bridgehead atoms. The Labute approximate surface area is 88.0 Å². The van der Waals surface area contributed by atoms with Gasteiger partial charge in [-0.2, -0.15) is 11.1 Å². The van der Waals surface area contributed by atoms with Crippen LogP contribution in [0.25, 0.3) is 0 Å². The standard InChI is InChI=1S/C11H18ClSi/c1-6-13(12)11-9(4)7(2)8(3)10(11)5/h9H,6H2,1-5H3. The van der Waals surface area contributed by atoms with Gasteiger partial charge in [-0.3, -0.25) is 0 Å². The minimum atomic E-state index is -0.759. The van der Waals surface area contributed by atoms with Crippen LogP contribution in [0.4, 0.5) is 0 Å². The van der Waals surface area contributed by atoms with E-state index >= 15 is 0 Å². The number of rotatable bonds is 2. The topological polar surface area (TPSA) is 0 Å². The first-order valence-electron chi connectivity index (χ1n) is 4.90. The van der Waals surface area contributed by atoms with E-state index in [-0.39, 0.29) is 0 Å². The fraction of sp³-hybridized carbons (Fsp3) is 0.636. The summed E-state index contributed by atoms with van der Waals surface area (Å²) in [6.45, 7) is 11.2. The molecule has 13 heavy (non-hydrogen) atoms. The van der Waals surface area contributed by atoms with E-state index in [1.807, 2.05) is 0 Å². The third-order valence-corrected chi connectivity index (χ3v) is 6.67. The first-order valence-corrected chi connectivity index (χ1v) is 7.62. The normalized spacial score (nSPS) is 23.8. The van der Waals surface area contributed by atoms with E-state index in [0.29, 0.717) is 5.92 Å². The van der Waals surface area contributed by atoms with Crippen LogP contribution in [0, 0.1) is 5.92 Å². The molecule has 0 fully saturated rings. The number of hydrogen-bond acceptors (Lipinski definition) is 0. The summed E-state index contributed by atoms with van der Waals surface area (Å²) in [7, 11) is -0.759. The maximum Gasteiger partial charge on any atom is 0.196 e. The van der Waals surface area contributed by atoms with Crippen molar-refractivity contribution in [3.63, 3.8) is 0 Å². The van der Waals surface area contributed by atoms with Gasteiger partial charge in [-0.05, 0) is 38.3 Å². The third kappa shape index (κ3) is 1.77. The van der Waals surface area contributed by atoms with E-state index < -0.39 is 8.11 Å². The van der Waals surface area contributed by atoms with E-state index in [1.54, 1.807) is 5.20 Å². The Morgan fingerprint density at radius 2 is 1.77 bits per heavy atom. The van der Waals surface area contributed by atoms with Crippen LogP contribution >= 0.6 is 11.1 Å². The molecule has 0 amide bonds. The Balaban J connectivity index is 3.03. The molecule has 0 aromatic heterocycles. The molecule has 1 radical (unpaired) electrons. The lowest BCUT2D eigenvalue weighted by molar-refractivity contribution is 0.852. The van der Waals surface area contributed by atoms with Crippen LogP contribution in [0.1, 0.15) is 34.6 Å². The van der Waals surface area contributed by atoms with Crippen LogP contribution < -0.4 is 0 Å². The molecule has 0 N–H and O–H groups in total. The Kier molecular flexibility index (Phi) is 3.42. The Morgan fingerprint density at radius 1 is 1.23 bits per heavy atom. The van der Waals surface area contributed by atoms with Crippen molar-refractivity contribution < 1.29 is 0 Å². The Hall–Kier alpha value is -0.0131. The molecule has 0 aromatic carbocycles. The summed E-state index contributed by atoms with van der Waals surface area (Å²) in [5.41, 5.74) is 4.46. The van der Waals surface area contributed by atoms with Crippen molar-refractivity contribution in [2.45, 2.75) is 40.7 Å². The van der Waals surface area contributed by atoms with Crippen molar-refractivity contribution in [3.05, 3.63) is 21.9 Å². The van der Waals surface area contributed by atoms with Crippen molar-refractivity contribution in [2.24, 2.45) is 5.92 Å². The minimum absolute atomic E-state index is 0.603. The van der Waals surface area contributed by atoms with Crippen LogP contribution in [0.3, 0.4) is 0 Å². The van der Waals surface area contributed by atoms with Gasteiger partial charge in [0, 0.05) is 0 Å². The van der Waals surface area contributed by atoms with Gasteiger partial charge >= 0.3 is 0 Å². The zero-order valence-corrected chi connectivity index (χ0v) is 10.9. The molecule has 1 aliphatic carbocycles. The predicted molar refractivity (Wildman–Crippen MR) is 62.3 cm³/mol. The third-order valence-electron chi connectivity index (χ3n) is 3.24. The molecule has 0 nitrogen and oxygen atoms in total. The van der Waals surface area contributed by atoms with Crippen LogP contribution in [-0.2, 0) is 0 Å². The van der Waals surface area contributed by atoms with Gasteiger partial charge in [0.05, 0.1) is 0 Å². The Bertz CT molecular complexity index is 276. The van der Waals surface area contributed by atoms with E-state index in [1.165, 1.54) is 16.7 Å². The van der Waals surface area contributed by atoms with Gasteiger partial charge in [-0.25, -0.2) is 0 Å². The maximum absolute atomic E-state index is 6.41. The lowest BCUT2D eigenvalue weighted by Gasteiger charge is -2.14. The molecule has 1 aliphatic rings. The van der Waals surface area contributed by atoms with Gasteiger partial charge in [0.1, 0.15) is 0 Å². The van der Waals surface area contributed by atoms with Crippen LogP contribution in [0.15, 0.2) is 21.9 Å². The molecule has 0 saturated heterocycles. The van der Waals surface area contributed by atoms with Crippen molar-refractivity contribution in [1.29, 1.82) is 0 Å². The van der Waals surface area contributed by atoms with Crippen molar-refractivity contribution in [1.82, 2.24) is 0 Å². The molecule has 73 valence electrons. The van der Waals surface area contributed by atoms with E-state index in [2.05, 4.69) is 34.6 Å². The van der Waals surface area contributed by atoms with Gasteiger partial charge in [0.2, 0.25) is 0 Å². The molecular formula is C11H18ClSi. The zero-order valence-electron chi connectivity index (χ0n) is 9.16. The first kappa shape index (κ1) is 11.1. The second-order valence-electron chi connectivity index (χ2n) is 3.83. The van der Waals surface area contributed by atoms with E-state index in [0.717, 1.165) is 6.04 Å². The van der Waals surface area contributed by atoms with Gasteiger partial charge in [0.25, 0.3) is 0 Å². The molecule has 0 saturated carbocycles. The summed E-state index contributed by atoms with van der Waals surface area (Å²) in [5, 5.41) is 1.55. The summed E-state index contributed by atoms with van der Waals surface area (Å²) in [6.07, 6.45) is 0. The fourth-order valence-electron chi connectivity index (χ4n) is 1.99. The van der Waals surface area contributed by atoms with Crippen LogP contribution in [-0.4, -0.2) is 8.11 Å². The quantitative estimate of drug-likeness (QED) is 0.479. The van der Waals surface area contributed by atoms with Gasteiger partial charge in [-0.1, -0.05) is 30.2 Å². The smallest absolute Gasteiger partial charge is 0.163 e. The number of halogens is 1. The molecule has 0 aromatic rings. The highest BCUT2D eigenvalue weighted by atomic mass is 35.6. The highest BCUT2D eigenvalue weighted by molar-refractivity contribution is 7.11. The average Bonchev–Trinajstić information content (AvgIpc) is 2.30.